The van der Waals surface area contributed by atoms with Crippen LogP contribution < -0.4 is 10.7 Å². The maximum Gasteiger partial charge on any atom is 0.339 e. The van der Waals surface area contributed by atoms with Crippen LogP contribution in [0.15, 0.2) is 58.1 Å². The summed E-state index contributed by atoms with van der Waals surface area (Å²) in [5.41, 5.74) is 3.66. The van der Waals surface area contributed by atoms with Crippen molar-refractivity contribution in [1.82, 2.24) is 5.43 Å². The molecule has 0 atom stereocenters. The smallest absolute Gasteiger partial charge is 0.307 e. The standard InChI is InChI=1S/C14H11BrFN3O/c15-12-8-10(6-7-13(12)16)9-17-19-14(20)18-11-4-2-1-3-5-11/h1-9H,(H2,18,19,20)/b17-9-. The largest absolute Gasteiger partial charge is 0.339 e. The summed E-state index contributed by atoms with van der Waals surface area (Å²) in [5, 5.41) is 6.39. The van der Waals surface area contributed by atoms with Gasteiger partial charge in [0, 0.05) is 5.69 Å². The zero-order valence-corrected chi connectivity index (χ0v) is 11.9. The van der Waals surface area contributed by atoms with Gasteiger partial charge in [-0.15, -0.1) is 0 Å². The molecule has 0 aromatic heterocycles. The number of hydrogen-bond acceptors (Lipinski definition) is 2. The Kier molecular flexibility index (Phi) is 4.84. The third-order valence-electron chi connectivity index (χ3n) is 2.36. The Morgan fingerprint density at radius 2 is 1.95 bits per heavy atom. The Morgan fingerprint density at radius 1 is 1.20 bits per heavy atom. The van der Waals surface area contributed by atoms with Gasteiger partial charge >= 0.3 is 6.03 Å². The monoisotopic (exact) mass is 335 g/mol. The molecule has 0 aliphatic heterocycles. The second-order valence-corrected chi connectivity index (χ2v) is 4.72. The number of nitrogens with zero attached hydrogens (tertiary/aromatic N) is 1. The molecule has 2 N–H and O–H groups in total. The maximum absolute atomic E-state index is 13.0. The number of urea groups is 1. The van der Waals surface area contributed by atoms with E-state index in [0.29, 0.717) is 15.7 Å². The lowest BCUT2D eigenvalue weighted by molar-refractivity contribution is 0.252. The normalized spacial score (nSPS) is 10.5. The summed E-state index contributed by atoms with van der Waals surface area (Å²) in [5.74, 6) is -0.350. The molecule has 6 heteroatoms. The lowest BCUT2D eigenvalue weighted by atomic mass is 10.2. The van der Waals surface area contributed by atoms with E-state index in [4.69, 9.17) is 0 Å². The topological polar surface area (TPSA) is 53.5 Å². The van der Waals surface area contributed by atoms with E-state index < -0.39 is 6.03 Å². The van der Waals surface area contributed by atoms with Crippen molar-refractivity contribution in [2.45, 2.75) is 0 Å². The first-order chi connectivity index (χ1) is 9.65. The van der Waals surface area contributed by atoms with Crippen LogP contribution in [0.4, 0.5) is 14.9 Å². The SMILES string of the molecule is O=C(N/N=C\c1ccc(F)c(Br)c1)Nc1ccccc1. The van der Waals surface area contributed by atoms with Crippen molar-refractivity contribution in [2.75, 3.05) is 5.32 Å². The predicted octanol–water partition coefficient (Wildman–Crippen LogP) is 3.74. The molecule has 2 rings (SSSR count). The van der Waals surface area contributed by atoms with Gasteiger partial charge in [-0.1, -0.05) is 24.3 Å². The number of carbonyl (C=O) groups is 1. The van der Waals surface area contributed by atoms with E-state index in [-0.39, 0.29) is 5.82 Å². The molecule has 0 aliphatic rings. The first-order valence-electron chi connectivity index (χ1n) is 5.75. The number of benzene rings is 2. The zero-order valence-electron chi connectivity index (χ0n) is 10.3. The number of amides is 2. The van der Waals surface area contributed by atoms with Gasteiger partial charge in [-0.05, 0) is 45.8 Å². The third kappa shape index (κ3) is 4.17. The molecule has 2 aromatic carbocycles. The number of anilines is 1. The molecular formula is C14H11BrFN3O. The Balaban J connectivity index is 1.89. The second kappa shape index (κ2) is 6.81. The van der Waals surface area contributed by atoms with Crippen LogP contribution in [-0.4, -0.2) is 12.2 Å². The molecular weight excluding hydrogens is 325 g/mol. The molecule has 0 unspecified atom stereocenters. The third-order valence-corrected chi connectivity index (χ3v) is 2.96. The zero-order chi connectivity index (χ0) is 14.4. The van der Waals surface area contributed by atoms with Crippen LogP contribution in [0.5, 0.6) is 0 Å². The quantitative estimate of drug-likeness (QED) is 0.651. The van der Waals surface area contributed by atoms with Gasteiger partial charge in [-0.3, -0.25) is 0 Å². The van der Waals surface area contributed by atoms with Gasteiger partial charge in [-0.25, -0.2) is 14.6 Å². The molecule has 0 bridgehead atoms. The van der Waals surface area contributed by atoms with Gasteiger partial charge < -0.3 is 5.32 Å². The molecule has 0 saturated carbocycles. The number of hydrazone groups is 1. The molecule has 0 heterocycles. The summed E-state index contributed by atoms with van der Waals surface area (Å²) in [4.78, 5) is 11.5. The molecule has 4 nitrogen and oxygen atoms in total. The minimum Gasteiger partial charge on any atom is -0.307 e. The molecule has 20 heavy (non-hydrogen) atoms. The van der Waals surface area contributed by atoms with E-state index in [2.05, 4.69) is 31.8 Å². The maximum atomic E-state index is 13.0. The van der Waals surface area contributed by atoms with Gasteiger partial charge in [0.25, 0.3) is 0 Å². The van der Waals surface area contributed by atoms with E-state index in [9.17, 15) is 9.18 Å². The molecule has 0 radical (unpaired) electrons. The lowest BCUT2D eigenvalue weighted by Gasteiger charge is -2.03. The van der Waals surface area contributed by atoms with E-state index in [1.54, 1.807) is 24.3 Å². The van der Waals surface area contributed by atoms with Gasteiger partial charge in [0.15, 0.2) is 0 Å². The number of carbonyl (C=O) groups excluding carboxylic acids is 1. The first-order valence-corrected chi connectivity index (χ1v) is 6.54. The minimum absolute atomic E-state index is 0.343. The second-order valence-electron chi connectivity index (χ2n) is 3.86. The van der Waals surface area contributed by atoms with E-state index in [0.717, 1.165) is 0 Å². The summed E-state index contributed by atoms with van der Waals surface area (Å²) in [7, 11) is 0. The molecule has 0 spiro atoms. The van der Waals surface area contributed by atoms with E-state index in [1.165, 1.54) is 12.3 Å². The predicted molar refractivity (Wildman–Crippen MR) is 80.3 cm³/mol. The van der Waals surface area contributed by atoms with Crippen LogP contribution in [0.3, 0.4) is 0 Å². The Labute approximate surface area is 123 Å². The Morgan fingerprint density at radius 3 is 2.65 bits per heavy atom. The molecule has 0 fully saturated rings. The fraction of sp³-hybridized carbons (Fsp3) is 0. The fourth-order valence-electron chi connectivity index (χ4n) is 1.44. The van der Waals surface area contributed by atoms with Gasteiger partial charge in [0.2, 0.25) is 0 Å². The summed E-state index contributed by atoms with van der Waals surface area (Å²) in [6, 6.07) is 13.0. The minimum atomic E-state index is -0.450. The summed E-state index contributed by atoms with van der Waals surface area (Å²) in [6.45, 7) is 0. The number of rotatable bonds is 3. The number of para-hydroxylation sites is 1. The van der Waals surface area contributed by atoms with Gasteiger partial charge in [0.1, 0.15) is 5.82 Å². The highest BCUT2D eigenvalue weighted by atomic mass is 79.9. The average Bonchev–Trinajstić information content (AvgIpc) is 2.44. The van der Waals surface area contributed by atoms with Crippen LogP contribution in [-0.2, 0) is 0 Å². The van der Waals surface area contributed by atoms with Crippen LogP contribution in [0, 0.1) is 5.82 Å². The highest BCUT2D eigenvalue weighted by Crippen LogP contribution is 2.15. The van der Waals surface area contributed by atoms with Crippen molar-refractivity contribution in [2.24, 2.45) is 5.10 Å². The van der Waals surface area contributed by atoms with E-state index in [1.807, 2.05) is 18.2 Å². The van der Waals surface area contributed by atoms with E-state index >= 15 is 0 Å². The highest BCUT2D eigenvalue weighted by molar-refractivity contribution is 9.10. The van der Waals surface area contributed by atoms with Crippen LogP contribution in [0.1, 0.15) is 5.56 Å². The lowest BCUT2D eigenvalue weighted by Crippen LogP contribution is -2.24. The number of hydrogen-bond donors (Lipinski definition) is 2. The summed E-state index contributed by atoms with van der Waals surface area (Å²) in [6.07, 6.45) is 1.43. The average molecular weight is 336 g/mol. The number of nitrogens with one attached hydrogen (secondary N) is 2. The molecule has 0 saturated heterocycles. The van der Waals surface area contributed by atoms with Crippen molar-refractivity contribution in [3.63, 3.8) is 0 Å². The van der Waals surface area contributed by atoms with Crippen LogP contribution in [0.25, 0.3) is 0 Å². The molecule has 102 valence electrons. The van der Waals surface area contributed by atoms with Crippen molar-refractivity contribution in [3.8, 4) is 0 Å². The van der Waals surface area contributed by atoms with Gasteiger partial charge in [0.05, 0.1) is 10.7 Å². The summed E-state index contributed by atoms with van der Waals surface area (Å²) < 4.78 is 13.4. The van der Waals surface area contributed by atoms with Crippen LogP contribution >= 0.6 is 15.9 Å². The molecule has 0 aliphatic carbocycles. The molecule has 2 amide bonds. The fourth-order valence-corrected chi connectivity index (χ4v) is 1.84. The first kappa shape index (κ1) is 14.2. The van der Waals surface area contributed by atoms with Crippen molar-refractivity contribution in [3.05, 3.63) is 64.4 Å². The Bertz CT molecular complexity index is 632. The Hall–Kier alpha value is -2.21. The number of halogens is 2. The highest BCUT2D eigenvalue weighted by Gasteiger charge is 2.00. The summed E-state index contributed by atoms with van der Waals surface area (Å²) >= 11 is 3.07. The van der Waals surface area contributed by atoms with Crippen molar-refractivity contribution in [1.29, 1.82) is 0 Å². The van der Waals surface area contributed by atoms with Crippen molar-refractivity contribution < 1.29 is 9.18 Å². The molecule has 2 aromatic rings. The van der Waals surface area contributed by atoms with Crippen LogP contribution in [0.2, 0.25) is 0 Å². The van der Waals surface area contributed by atoms with Gasteiger partial charge in [-0.2, -0.15) is 5.10 Å². The van der Waals surface area contributed by atoms with Crippen molar-refractivity contribution >= 4 is 33.9 Å².